The van der Waals surface area contributed by atoms with Crippen LogP contribution in [0.15, 0.2) is 18.2 Å². The Bertz CT molecular complexity index is 408. The molecule has 0 unspecified atom stereocenters. The molecule has 0 aromatic heterocycles. The molecule has 6 heteroatoms. The molecule has 0 radical (unpaired) electrons. The van der Waals surface area contributed by atoms with Crippen molar-refractivity contribution in [3.05, 3.63) is 28.2 Å². The number of amides is 1. The van der Waals surface area contributed by atoms with Crippen molar-refractivity contribution in [3.63, 3.8) is 0 Å². The summed E-state index contributed by atoms with van der Waals surface area (Å²) in [6.07, 6.45) is 0. The van der Waals surface area contributed by atoms with E-state index in [1.54, 1.807) is 18.2 Å². The number of carbonyl (C=O) groups excluding carboxylic acids is 1. The van der Waals surface area contributed by atoms with Crippen LogP contribution in [0.1, 0.15) is 0 Å². The summed E-state index contributed by atoms with van der Waals surface area (Å²) in [5, 5.41) is 14.5. The predicted octanol–water partition coefficient (Wildman–Crippen LogP) is 2.05. The van der Waals surface area contributed by atoms with E-state index in [0.29, 0.717) is 15.7 Å². The van der Waals surface area contributed by atoms with E-state index in [4.69, 9.17) is 28.5 Å². The second kappa shape index (κ2) is 6.21. The molecule has 2 N–H and O–H groups in total. The number of anilines is 1. The molecular weight excluding hydrogens is 249 g/mol. The molecule has 1 aromatic rings. The first kappa shape index (κ1) is 12.6. The number of nitriles is 1. The number of benzene rings is 1. The van der Waals surface area contributed by atoms with Crippen LogP contribution in [0.25, 0.3) is 0 Å². The first-order valence-electron chi connectivity index (χ1n) is 4.45. The molecule has 0 aliphatic carbocycles. The van der Waals surface area contributed by atoms with Gasteiger partial charge in [-0.15, -0.1) is 0 Å². The van der Waals surface area contributed by atoms with Gasteiger partial charge in [-0.05, 0) is 18.2 Å². The number of nitrogens with zero attached hydrogens (tertiary/aromatic N) is 1. The number of hydrogen-bond acceptors (Lipinski definition) is 3. The van der Waals surface area contributed by atoms with Crippen LogP contribution in [-0.2, 0) is 4.79 Å². The van der Waals surface area contributed by atoms with Gasteiger partial charge in [-0.25, -0.2) is 0 Å². The summed E-state index contributed by atoms with van der Waals surface area (Å²) in [6, 6.07) is 6.73. The third-order valence-corrected chi connectivity index (χ3v) is 2.12. The lowest BCUT2D eigenvalue weighted by atomic mass is 10.3. The molecule has 0 spiro atoms. The maximum Gasteiger partial charge on any atom is 0.240 e. The van der Waals surface area contributed by atoms with E-state index in [-0.39, 0.29) is 19.0 Å². The van der Waals surface area contributed by atoms with Crippen molar-refractivity contribution in [2.75, 3.05) is 18.4 Å². The molecule has 0 heterocycles. The maximum absolute atomic E-state index is 11.2. The van der Waals surface area contributed by atoms with E-state index < -0.39 is 0 Å². The van der Waals surface area contributed by atoms with Crippen molar-refractivity contribution < 1.29 is 4.79 Å². The summed E-state index contributed by atoms with van der Waals surface area (Å²) in [5.74, 6) is -0.266. The van der Waals surface area contributed by atoms with E-state index in [1.807, 2.05) is 6.07 Å². The Morgan fingerprint density at radius 3 is 2.50 bits per heavy atom. The van der Waals surface area contributed by atoms with Crippen molar-refractivity contribution in [2.45, 2.75) is 0 Å². The van der Waals surface area contributed by atoms with Crippen molar-refractivity contribution in [2.24, 2.45) is 0 Å². The Morgan fingerprint density at radius 2 is 1.94 bits per heavy atom. The van der Waals surface area contributed by atoms with E-state index >= 15 is 0 Å². The van der Waals surface area contributed by atoms with Crippen molar-refractivity contribution in [3.8, 4) is 6.07 Å². The Kier molecular flexibility index (Phi) is 4.90. The highest BCUT2D eigenvalue weighted by molar-refractivity contribution is 6.35. The first-order chi connectivity index (χ1) is 7.61. The highest BCUT2D eigenvalue weighted by Crippen LogP contribution is 2.22. The van der Waals surface area contributed by atoms with Gasteiger partial charge in [0.1, 0.15) is 6.54 Å². The lowest BCUT2D eigenvalue weighted by Crippen LogP contribution is -2.29. The van der Waals surface area contributed by atoms with Gasteiger partial charge >= 0.3 is 0 Å². The van der Waals surface area contributed by atoms with Gasteiger partial charge in [-0.2, -0.15) is 5.26 Å². The third kappa shape index (κ3) is 4.39. The molecule has 1 aromatic carbocycles. The molecule has 1 rings (SSSR count). The van der Waals surface area contributed by atoms with E-state index in [2.05, 4.69) is 10.6 Å². The zero-order chi connectivity index (χ0) is 12.0. The highest BCUT2D eigenvalue weighted by atomic mass is 35.5. The minimum Gasteiger partial charge on any atom is -0.376 e. The molecule has 1 amide bonds. The Labute approximate surface area is 103 Å². The minimum atomic E-state index is -0.266. The fourth-order valence-corrected chi connectivity index (χ4v) is 1.56. The molecule has 0 saturated carbocycles. The molecule has 0 atom stereocenters. The second-order valence-electron chi connectivity index (χ2n) is 2.95. The van der Waals surface area contributed by atoms with Gasteiger partial charge in [0.25, 0.3) is 0 Å². The summed E-state index contributed by atoms with van der Waals surface area (Å²) < 4.78 is 0. The molecule has 0 fully saturated rings. The monoisotopic (exact) mass is 257 g/mol. The fourth-order valence-electron chi connectivity index (χ4n) is 1.04. The van der Waals surface area contributed by atoms with Crippen LogP contribution >= 0.6 is 23.2 Å². The van der Waals surface area contributed by atoms with Crippen LogP contribution in [0, 0.1) is 11.3 Å². The standard InChI is InChI=1S/C10H9Cl2N3O/c11-7-3-8(12)5-9(4-7)15-6-10(16)14-2-1-13/h3-5,15H,2,6H2,(H,14,16). The van der Waals surface area contributed by atoms with Crippen LogP contribution in [0.2, 0.25) is 10.0 Å². The van der Waals surface area contributed by atoms with Crippen LogP contribution in [0.4, 0.5) is 5.69 Å². The zero-order valence-electron chi connectivity index (χ0n) is 8.26. The predicted molar refractivity (Wildman–Crippen MR) is 63.6 cm³/mol. The largest absolute Gasteiger partial charge is 0.376 e. The lowest BCUT2D eigenvalue weighted by molar-refractivity contribution is -0.119. The zero-order valence-corrected chi connectivity index (χ0v) is 9.77. The molecule has 0 saturated heterocycles. The number of hydrogen-bond donors (Lipinski definition) is 2. The number of nitrogens with one attached hydrogen (secondary N) is 2. The van der Waals surface area contributed by atoms with Crippen molar-refractivity contribution in [1.82, 2.24) is 5.32 Å². The molecule has 0 aliphatic heterocycles. The van der Waals surface area contributed by atoms with Crippen LogP contribution in [0.5, 0.6) is 0 Å². The van der Waals surface area contributed by atoms with Gasteiger partial charge in [0, 0.05) is 15.7 Å². The fraction of sp³-hybridized carbons (Fsp3) is 0.200. The quantitative estimate of drug-likeness (QED) is 0.812. The van der Waals surface area contributed by atoms with Gasteiger partial charge < -0.3 is 10.6 Å². The summed E-state index contributed by atoms with van der Waals surface area (Å²) in [5.41, 5.74) is 0.657. The molecule has 0 aliphatic rings. The molecular formula is C10H9Cl2N3O. The SMILES string of the molecule is N#CCNC(=O)CNc1cc(Cl)cc(Cl)c1. The van der Waals surface area contributed by atoms with Gasteiger partial charge in [0.05, 0.1) is 12.6 Å². The summed E-state index contributed by atoms with van der Waals surface area (Å²) in [4.78, 5) is 11.2. The average molecular weight is 258 g/mol. The molecule has 0 bridgehead atoms. The van der Waals surface area contributed by atoms with Gasteiger partial charge in [0.15, 0.2) is 0 Å². The smallest absolute Gasteiger partial charge is 0.240 e. The van der Waals surface area contributed by atoms with Crippen LogP contribution < -0.4 is 10.6 Å². The Balaban J connectivity index is 2.48. The molecule has 16 heavy (non-hydrogen) atoms. The van der Waals surface area contributed by atoms with Gasteiger partial charge in [-0.3, -0.25) is 4.79 Å². The Morgan fingerprint density at radius 1 is 1.31 bits per heavy atom. The summed E-state index contributed by atoms with van der Waals surface area (Å²) >= 11 is 11.6. The average Bonchev–Trinajstić information content (AvgIpc) is 2.22. The van der Waals surface area contributed by atoms with Crippen molar-refractivity contribution in [1.29, 1.82) is 5.26 Å². The normalized spacial score (nSPS) is 9.31. The molecule has 4 nitrogen and oxygen atoms in total. The van der Waals surface area contributed by atoms with Gasteiger partial charge in [0.2, 0.25) is 5.91 Å². The van der Waals surface area contributed by atoms with E-state index in [9.17, 15) is 4.79 Å². The summed E-state index contributed by atoms with van der Waals surface area (Å²) in [7, 11) is 0. The topological polar surface area (TPSA) is 64.9 Å². The first-order valence-corrected chi connectivity index (χ1v) is 5.21. The number of rotatable bonds is 4. The minimum absolute atomic E-state index is 0.00316. The van der Waals surface area contributed by atoms with Gasteiger partial charge in [-0.1, -0.05) is 23.2 Å². The number of halogens is 2. The van der Waals surface area contributed by atoms with E-state index in [0.717, 1.165) is 0 Å². The Hall–Kier alpha value is -1.44. The summed E-state index contributed by atoms with van der Waals surface area (Å²) in [6.45, 7) is 0.0646. The van der Waals surface area contributed by atoms with Crippen molar-refractivity contribution >= 4 is 34.8 Å². The third-order valence-electron chi connectivity index (χ3n) is 1.68. The number of carbonyl (C=O) groups is 1. The lowest BCUT2D eigenvalue weighted by Gasteiger charge is -2.06. The van der Waals surface area contributed by atoms with E-state index in [1.165, 1.54) is 0 Å². The maximum atomic E-state index is 11.2. The second-order valence-corrected chi connectivity index (χ2v) is 3.82. The molecule has 84 valence electrons. The van der Waals surface area contributed by atoms with Crippen LogP contribution in [0.3, 0.4) is 0 Å². The van der Waals surface area contributed by atoms with Crippen LogP contribution in [-0.4, -0.2) is 19.0 Å². The highest BCUT2D eigenvalue weighted by Gasteiger charge is 2.01.